The first kappa shape index (κ1) is 24.3. The van der Waals surface area contributed by atoms with Gasteiger partial charge in [-0.3, -0.25) is 0 Å². The second-order valence-electron chi connectivity index (χ2n) is 12.8. The number of hydrogen-bond donors (Lipinski definition) is 4. The average molecular weight is 567 g/mol. The van der Waals surface area contributed by atoms with Gasteiger partial charge in [0.05, 0.1) is 45.7 Å². The number of fused-ring (bicyclic) bond motifs is 5. The van der Waals surface area contributed by atoms with E-state index in [4.69, 9.17) is 0 Å². The van der Waals surface area contributed by atoms with Gasteiger partial charge in [-0.05, 0) is 62.5 Å². The number of rotatable bonds is 4. The van der Waals surface area contributed by atoms with Crippen molar-refractivity contribution in [3.63, 3.8) is 0 Å². The summed E-state index contributed by atoms with van der Waals surface area (Å²) in [4.78, 5) is 17.1. The van der Waals surface area contributed by atoms with Crippen molar-refractivity contribution in [3.8, 4) is 33.6 Å². The molecule has 210 valence electrons. The van der Waals surface area contributed by atoms with E-state index < -0.39 is 9.84 Å². The van der Waals surface area contributed by atoms with E-state index in [-0.39, 0.29) is 12.1 Å². The molecule has 3 aliphatic heterocycles. The number of H-pyrrole nitrogens is 2. The molecule has 0 spiro atoms. The predicted molar refractivity (Wildman–Crippen MR) is 156 cm³/mol. The summed E-state index contributed by atoms with van der Waals surface area (Å²) in [7, 11) is -3.66. The monoisotopic (exact) mass is 566 g/mol. The Kier molecular flexibility index (Phi) is 5.26. The molecule has 9 rings (SSSR count). The number of imidazole rings is 2. The third-order valence-corrected chi connectivity index (χ3v) is 12.4. The van der Waals surface area contributed by atoms with E-state index in [1.165, 1.54) is 38.5 Å². The molecule has 0 bridgehead atoms. The summed E-state index contributed by atoms with van der Waals surface area (Å²) in [5.74, 6) is 3.38. The molecule has 0 amide bonds. The average Bonchev–Trinajstić information content (AvgIpc) is 3.79. The molecule has 2 saturated heterocycles. The third kappa shape index (κ3) is 3.75. The standard InChI is InChI=1S/C32H34N6O2S/c39-41(40)29-13-19(27-15-33-31(37-27)25-11-17-3-1-5-23(17)35-25)7-9-21(29)22-10-8-20(14-30(22)41)28-16-34-32(38-28)26-12-18-4-2-6-24(18)36-26/h7-10,13-18,23-26,35-36H,1-6,11-12H2,(H,33,37)(H,34,38)/t17-,18-,23-,24-,25-,26-/m0/s1. The number of nitrogens with one attached hydrogen (secondary N) is 4. The first-order valence-corrected chi connectivity index (χ1v) is 16.7. The predicted octanol–water partition coefficient (Wildman–Crippen LogP) is 5.69. The van der Waals surface area contributed by atoms with Crippen LogP contribution >= 0.6 is 0 Å². The van der Waals surface area contributed by atoms with Crippen molar-refractivity contribution in [2.45, 2.75) is 85.3 Å². The lowest BCUT2D eigenvalue weighted by molar-refractivity contribution is 0.516. The zero-order chi connectivity index (χ0) is 27.3. The summed E-state index contributed by atoms with van der Waals surface area (Å²) < 4.78 is 27.6. The molecule has 2 aliphatic carbocycles. The van der Waals surface area contributed by atoms with Crippen LogP contribution in [0.4, 0.5) is 0 Å². The molecule has 2 saturated carbocycles. The van der Waals surface area contributed by atoms with Crippen LogP contribution in [-0.4, -0.2) is 40.4 Å². The Balaban J connectivity index is 0.991. The maximum atomic E-state index is 13.8. The number of hydrogen-bond acceptors (Lipinski definition) is 6. The molecule has 41 heavy (non-hydrogen) atoms. The molecule has 9 heteroatoms. The molecule has 5 heterocycles. The lowest BCUT2D eigenvalue weighted by Gasteiger charge is -2.10. The van der Waals surface area contributed by atoms with E-state index >= 15 is 0 Å². The summed E-state index contributed by atoms with van der Waals surface area (Å²) in [5.41, 5.74) is 4.89. The van der Waals surface area contributed by atoms with Gasteiger partial charge in [0.25, 0.3) is 0 Å². The number of benzene rings is 2. The van der Waals surface area contributed by atoms with E-state index in [0.717, 1.165) is 70.0 Å². The number of nitrogens with zero attached hydrogens (tertiary/aromatic N) is 2. The zero-order valence-electron chi connectivity index (χ0n) is 22.9. The Morgan fingerprint density at radius 2 is 1.15 bits per heavy atom. The van der Waals surface area contributed by atoms with Crippen molar-refractivity contribution in [1.82, 2.24) is 30.6 Å². The highest BCUT2D eigenvalue weighted by atomic mass is 32.2. The Bertz CT molecular complexity index is 1640. The quantitative estimate of drug-likeness (QED) is 0.222. The van der Waals surface area contributed by atoms with Gasteiger partial charge in [-0.15, -0.1) is 0 Å². The highest BCUT2D eigenvalue weighted by molar-refractivity contribution is 7.92. The molecular weight excluding hydrogens is 532 g/mol. The van der Waals surface area contributed by atoms with Crippen LogP contribution in [-0.2, 0) is 9.84 Å². The van der Waals surface area contributed by atoms with Gasteiger partial charge in [-0.25, -0.2) is 18.4 Å². The Morgan fingerprint density at radius 1 is 0.659 bits per heavy atom. The topological polar surface area (TPSA) is 116 Å². The Hall–Kier alpha value is -3.27. The Labute approximate surface area is 239 Å². The molecule has 0 radical (unpaired) electrons. The normalized spacial score (nSPS) is 30.8. The van der Waals surface area contributed by atoms with Crippen molar-refractivity contribution >= 4 is 9.84 Å². The fourth-order valence-corrected chi connectivity index (χ4v) is 10.2. The minimum absolute atomic E-state index is 0.243. The first-order valence-electron chi connectivity index (χ1n) is 15.2. The molecule has 4 N–H and O–H groups in total. The fourth-order valence-electron chi connectivity index (χ4n) is 8.42. The number of sulfone groups is 1. The molecule has 4 aromatic rings. The van der Waals surface area contributed by atoms with Crippen LogP contribution in [0.15, 0.2) is 58.6 Å². The van der Waals surface area contributed by atoms with E-state index in [1.54, 1.807) is 12.1 Å². The van der Waals surface area contributed by atoms with E-state index in [9.17, 15) is 8.42 Å². The maximum Gasteiger partial charge on any atom is 0.207 e. The van der Waals surface area contributed by atoms with Gasteiger partial charge in [0.15, 0.2) is 0 Å². The van der Waals surface area contributed by atoms with Gasteiger partial charge in [-0.2, -0.15) is 0 Å². The maximum absolute atomic E-state index is 13.8. The zero-order valence-corrected chi connectivity index (χ0v) is 23.7. The summed E-state index contributed by atoms with van der Waals surface area (Å²) in [6.45, 7) is 0. The second-order valence-corrected chi connectivity index (χ2v) is 14.7. The summed E-state index contributed by atoms with van der Waals surface area (Å²) in [5, 5.41) is 7.49. The van der Waals surface area contributed by atoms with Crippen molar-refractivity contribution < 1.29 is 8.42 Å². The fraction of sp³-hybridized carbons (Fsp3) is 0.438. The number of aromatic amines is 2. The SMILES string of the molecule is O=S1(=O)c2cc(-c3cnc([C@@H]4C[C@@H]5CCC[C@@H]5N4)[nH]3)ccc2-c2ccc(-c3cnc([C@@H]4C[C@@H]5CCC[C@@H]5N4)[nH]3)cc21. The molecule has 8 nitrogen and oxygen atoms in total. The highest BCUT2D eigenvalue weighted by Gasteiger charge is 2.40. The van der Waals surface area contributed by atoms with Gasteiger partial charge in [-0.1, -0.05) is 37.1 Å². The van der Waals surface area contributed by atoms with Gasteiger partial charge in [0.1, 0.15) is 11.6 Å². The molecule has 5 aliphatic rings. The molecule has 6 atom stereocenters. The van der Waals surface area contributed by atoms with Crippen LogP contribution in [0.2, 0.25) is 0 Å². The van der Waals surface area contributed by atoms with Gasteiger partial charge >= 0.3 is 0 Å². The smallest absolute Gasteiger partial charge is 0.207 e. The van der Waals surface area contributed by atoms with Crippen LogP contribution in [0.3, 0.4) is 0 Å². The van der Waals surface area contributed by atoms with E-state index in [0.29, 0.717) is 21.9 Å². The largest absolute Gasteiger partial charge is 0.341 e. The van der Waals surface area contributed by atoms with Crippen LogP contribution in [0.1, 0.15) is 75.1 Å². The number of aromatic nitrogens is 4. The van der Waals surface area contributed by atoms with Gasteiger partial charge in [0.2, 0.25) is 9.84 Å². The summed E-state index contributed by atoms with van der Waals surface area (Å²) in [6, 6.07) is 13.2. The first-order chi connectivity index (χ1) is 20.0. The van der Waals surface area contributed by atoms with Crippen LogP contribution < -0.4 is 10.6 Å². The Morgan fingerprint density at radius 3 is 1.61 bits per heavy atom. The van der Waals surface area contributed by atoms with Crippen LogP contribution in [0.25, 0.3) is 33.6 Å². The third-order valence-electron chi connectivity index (χ3n) is 10.5. The van der Waals surface area contributed by atoms with Gasteiger partial charge in [0, 0.05) is 34.3 Å². The highest BCUT2D eigenvalue weighted by Crippen LogP contribution is 2.46. The molecule has 2 aromatic heterocycles. The van der Waals surface area contributed by atoms with Crippen LogP contribution in [0.5, 0.6) is 0 Å². The van der Waals surface area contributed by atoms with E-state index in [2.05, 4.69) is 30.6 Å². The lowest BCUT2D eigenvalue weighted by atomic mass is 10.0. The molecule has 0 unspecified atom stereocenters. The second kappa shape index (κ2) is 8.86. The van der Waals surface area contributed by atoms with Crippen molar-refractivity contribution in [2.75, 3.05) is 0 Å². The van der Waals surface area contributed by atoms with Crippen LogP contribution in [0, 0.1) is 11.8 Å². The minimum atomic E-state index is -3.66. The summed E-state index contributed by atoms with van der Waals surface area (Å²) in [6.07, 6.45) is 13.6. The van der Waals surface area contributed by atoms with Crippen molar-refractivity contribution in [3.05, 3.63) is 60.4 Å². The van der Waals surface area contributed by atoms with Gasteiger partial charge < -0.3 is 20.6 Å². The molecule has 2 aromatic carbocycles. The lowest BCUT2D eigenvalue weighted by Crippen LogP contribution is -2.24. The molecule has 4 fully saturated rings. The van der Waals surface area contributed by atoms with Crippen molar-refractivity contribution in [2.24, 2.45) is 11.8 Å². The summed E-state index contributed by atoms with van der Waals surface area (Å²) >= 11 is 0. The van der Waals surface area contributed by atoms with E-state index in [1.807, 2.05) is 36.7 Å². The molecular formula is C32H34N6O2S. The minimum Gasteiger partial charge on any atom is -0.341 e. The van der Waals surface area contributed by atoms with Crippen molar-refractivity contribution in [1.29, 1.82) is 0 Å².